The van der Waals surface area contributed by atoms with Crippen LogP contribution in [0, 0.1) is 11.8 Å². The normalized spacial score (nSPS) is 35.7. The van der Waals surface area contributed by atoms with Crippen molar-refractivity contribution in [3.63, 3.8) is 0 Å². The number of carbonyl (C=O) groups excluding carboxylic acids is 2. The number of aliphatic hydroxyl groups excluding tert-OH is 5. The van der Waals surface area contributed by atoms with Gasteiger partial charge >= 0.3 is 11.9 Å². The van der Waals surface area contributed by atoms with E-state index in [1.54, 1.807) is 30.3 Å². The highest BCUT2D eigenvalue weighted by Gasteiger charge is 2.52. The van der Waals surface area contributed by atoms with Gasteiger partial charge in [0.25, 0.3) is 0 Å². The fraction of sp³-hybridized carbons (Fsp3) is 0.500. The molecule has 1 aromatic rings. The van der Waals surface area contributed by atoms with Gasteiger partial charge in [0.15, 0.2) is 6.29 Å². The van der Waals surface area contributed by atoms with Gasteiger partial charge < -0.3 is 49.2 Å². The molecule has 0 unspecified atom stereocenters. The molecule has 9 atom stereocenters. The molecule has 12 nitrogen and oxygen atoms in total. The van der Waals surface area contributed by atoms with Gasteiger partial charge in [-0.2, -0.15) is 0 Å². The van der Waals surface area contributed by atoms with Gasteiger partial charge in [0, 0.05) is 5.92 Å². The van der Waals surface area contributed by atoms with Gasteiger partial charge in [0.1, 0.15) is 31.0 Å². The van der Waals surface area contributed by atoms with Crippen LogP contribution in [0.5, 0.6) is 0 Å². The van der Waals surface area contributed by atoms with Crippen LogP contribution in [0.15, 0.2) is 53.8 Å². The van der Waals surface area contributed by atoms with E-state index in [1.807, 2.05) is 0 Å². The summed E-state index contributed by atoms with van der Waals surface area (Å²) >= 11 is 0. The summed E-state index contributed by atoms with van der Waals surface area (Å²) in [7, 11) is 1.17. The van der Waals surface area contributed by atoms with Crippen molar-refractivity contribution >= 4 is 11.9 Å². The lowest BCUT2D eigenvalue weighted by atomic mass is 9.82. The number of aliphatic hydroxyl groups is 5. The first-order valence-electron chi connectivity index (χ1n) is 11.3. The molecule has 0 saturated carbocycles. The van der Waals surface area contributed by atoms with Crippen molar-refractivity contribution in [1.82, 2.24) is 0 Å². The first-order valence-corrected chi connectivity index (χ1v) is 11.3. The number of carbonyl (C=O) groups is 2. The largest absolute Gasteiger partial charge is 0.471 e. The van der Waals surface area contributed by atoms with E-state index in [0.717, 1.165) is 6.26 Å². The van der Waals surface area contributed by atoms with E-state index in [9.17, 15) is 35.1 Å². The SMILES string of the molecule is COC(=O)C1=CO[C@@H](O[C@@H]2O[C@H](CO)[C@@H](O)[C@H](O)[C@H]2O)[C@@H]2C(COC(=O)c3ccccc3)=C[C@@H](O)[C@H]12. The molecule has 1 aliphatic carbocycles. The number of rotatable bonds is 7. The second-order valence-electron chi connectivity index (χ2n) is 8.63. The van der Waals surface area contributed by atoms with Gasteiger partial charge in [0.2, 0.25) is 6.29 Å². The molecule has 0 aromatic heterocycles. The summed E-state index contributed by atoms with van der Waals surface area (Å²) in [6.07, 6.45) is -7.70. The molecule has 1 fully saturated rings. The molecule has 5 N–H and O–H groups in total. The third kappa shape index (κ3) is 5.02. The topological polar surface area (TPSA) is 181 Å². The Morgan fingerprint density at radius 3 is 2.33 bits per heavy atom. The zero-order valence-electron chi connectivity index (χ0n) is 19.2. The number of hydrogen-bond donors (Lipinski definition) is 5. The summed E-state index contributed by atoms with van der Waals surface area (Å²) in [6, 6.07) is 8.26. The summed E-state index contributed by atoms with van der Waals surface area (Å²) in [5.41, 5.74) is 0.711. The maximum Gasteiger partial charge on any atom is 0.338 e. The van der Waals surface area contributed by atoms with Crippen LogP contribution < -0.4 is 0 Å². The van der Waals surface area contributed by atoms with Crippen molar-refractivity contribution in [3.8, 4) is 0 Å². The minimum absolute atomic E-state index is 0.0179. The lowest BCUT2D eigenvalue weighted by molar-refractivity contribution is -0.340. The Labute approximate surface area is 205 Å². The van der Waals surface area contributed by atoms with E-state index in [-0.39, 0.29) is 12.2 Å². The molecule has 3 aliphatic rings. The Morgan fingerprint density at radius 1 is 0.944 bits per heavy atom. The molecule has 196 valence electrons. The number of esters is 2. The Morgan fingerprint density at radius 2 is 1.67 bits per heavy atom. The van der Waals surface area contributed by atoms with Crippen LogP contribution in [0.1, 0.15) is 10.4 Å². The summed E-state index contributed by atoms with van der Waals surface area (Å²) in [5, 5.41) is 50.7. The van der Waals surface area contributed by atoms with Gasteiger partial charge in [-0.3, -0.25) is 0 Å². The molecule has 36 heavy (non-hydrogen) atoms. The van der Waals surface area contributed by atoms with Crippen LogP contribution in [0.3, 0.4) is 0 Å². The van der Waals surface area contributed by atoms with E-state index in [1.165, 1.54) is 13.2 Å². The minimum atomic E-state index is -1.70. The molecule has 1 saturated heterocycles. The van der Waals surface area contributed by atoms with Crippen LogP contribution >= 0.6 is 0 Å². The standard InChI is InChI=1S/C24H28O12/c1-32-22(31)13-10-34-23(36-24-20(29)19(28)18(27)15(8-25)35-24)16-12(7-14(26)17(13)16)9-33-21(30)11-5-3-2-4-6-11/h2-7,10,14-20,23-29H,8-9H2,1H3/t14-,15-,16-,17+,18-,19+,20-,23+,24+/m1/s1. The molecular formula is C24H28O12. The molecule has 0 radical (unpaired) electrons. The van der Waals surface area contributed by atoms with Crippen molar-refractivity contribution in [1.29, 1.82) is 0 Å². The Balaban J connectivity index is 1.56. The van der Waals surface area contributed by atoms with Crippen molar-refractivity contribution in [2.45, 2.75) is 43.1 Å². The number of hydrogen-bond acceptors (Lipinski definition) is 12. The third-order valence-corrected chi connectivity index (χ3v) is 6.47. The number of benzene rings is 1. The predicted octanol–water partition coefficient (Wildman–Crippen LogP) is -1.39. The molecule has 0 amide bonds. The summed E-state index contributed by atoms with van der Waals surface area (Å²) in [6.45, 7) is -0.924. The zero-order chi connectivity index (χ0) is 26.0. The number of methoxy groups -OCH3 is 1. The van der Waals surface area contributed by atoms with E-state index in [2.05, 4.69) is 0 Å². The second-order valence-corrected chi connectivity index (χ2v) is 8.63. The van der Waals surface area contributed by atoms with E-state index in [4.69, 9.17) is 23.7 Å². The first-order chi connectivity index (χ1) is 17.3. The van der Waals surface area contributed by atoms with Crippen molar-refractivity contribution in [2.24, 2.45) is 11.8 Å². The third-order valence-electron chi connectivity index (χ3n) is 6.47. The van der Waals surface area contributed by atoms with Crippen LogP contribution in [-0.4, -0.2) is 101 Å². The quantitative estimate of drug-likeness (QED) is 0.215. The Kier molecular flexibility index (Phi) is 8.05. The van der Waals surface area contributed by atoms with Crippen molar-refractivity contribution < 1.29 is 58.8 Å². The number of ether oxygens (including phenoxy) is 5. The van der Waals surface area contributed by atoms with Gasteiger partial charge in [-0.05, 0) is 17.7 Å². The molecule has 12 heteroatoms. The predicted molar refractivity (Wildman–Crippen MR) is 118 cm³/mol. The Bertz CT molecular complexity index is 1010. The highest BCUT2D eigenvalue weighted by Crippen LogP contribution is 2.45. The smallest absolute Gasteiger partial charge is 0.338 e. The highest BCUT2D eigenvalue weighted by molar-refractivity contribution is 5.90. The molecule has 1 aromatic carbocycles. The molecule has 2 aliphatic heterocycles. The lowest BCUT2D eigenvalue weighted by Crippen LogP contribution is -2.60. The number of fused-ring (bicyclic) bond motifs is 1. The lowest BCUT2D eigenvalue weighted by Gasteiger charge is -2.43. The van der Waals surface area contributed by atoms with E-state index >= 15 is 0 Å². The minimum Gasteiger partial charge on any atom is -0.471 e. The van der Waals surface area contributed by atoms with Crippen molar-refractivity contribution in [2.75, 3.05) is 20.3 Å². The molecule has 2 heterocycles. The average molecular weight is 508 g/mol. The van der Waals surface area contributed by atoms with Crippen LogP contribution in [0.4, 0.5) is 0 Å². The zero-order valence-corrected chi connectivity index (χ0v) is 19.2. The maximum absolute atomic E-state index is 12.5. The molecule has 4 rings (SSSR count). The molecular weight excluding hydrogens is 480 g/mol. The monoisotopic (exact) mass is 508 g/mol. The van der Waals surface area contributed by atoms with Crippen LogP contribution in [-0.2, 0) is 28.5 Å². The summed E-state index contributed by atoms with van der Waals surface area (Å²) in [5.74, 6) is -3.13. The van der Waals surface area contributed by atoms with Crippen molar-refractivity contribution in [3.05, 3.63) is 59.4 Å². The van der Waals surface area contributed by atoms with E-state index in [0.29, 0.717) is 11.1 Å². The fourth-order valence-corrected chi connectivity index (χ4v) is 4.58. The summed E-state index contributed by atoms with van der Waals surface area (Å²) < 4.78 is 27.0. The Hall–Kier alpha value is -2.84. The summed E-state index contributed by atoms with van der Waals surface area (Å²) in [4.78, 5) is 24.8. The van der Waals surface area contributed by atoms with Gasteiger partial charge in [-0.15, -0.1) is 0 Å². The van der Waals surface area contributed by atoms with Crippen LogP contribution in [0.2, 0.25) is 0 Å². The van der Waals surface area contributed by atoms with Gasteiger partial charge in [-0.1, -0.05) is 24.3 Å². The average Bonchev–Trinajstić information content (AvgIpc) is 3.24. The van der Waals surface area contributed by atoms with Gasteiger partial charge in [0.05, 0.1) is 43.1 Å². The maximum atomic E-state index is 12.5. The highest BCUT2D eigenvalue weighted by atomic mass is 16.8. The molecule has 0 bridgehead atoms. The molecule has 0 spiro atoms. The fourth-order valence-electron chi connectivity index (χ4n) is 4.58. The van der Waals surface area contributed by atoms with Gasteiger partial charge in [-0.25, -0.2) is 9.59 Å². The van der Waals surface area contributed by atoms with E-state index < -0.39 is 73.5 Å². The van der Waals surface area contributed by atoms with Crippen LogP contribution in [0.25, 0.3) is 0 Å². The first kappa shape index (κ1) is 26.2. The second kappa shape index (κ2) is 11.0.